The van der Waals surface area contributed by atoms with Crippen LogP contribution in [0.4, 0.5) is 0 Å². The molecule has 7 heteroatoms. The van der Waals surface area contributed by atoms with Crippen molar-refractivity contribution in [2.24, 2.45) is 4.99 Å². The van der Waals surface area contributed by atoms with Crippen molar-refractivity contribution in [3.63, 3.8) is 0 Å². The molecule has 1 heterocycles. The van der Waals surface area contributed by atoms with E-state index in [1.165, 1.54) is 0 Å². The van der Waals surface area contributed by atoms with Crippen molar-refractivity contribution in [3.8, 4) is 0 Å². The van der Waals surface area contributed by atoms with E-state index < -0.39 is 0 Å². The van der Waals surface area contributed by atoms with Crippen LogP contribution in [0.3, 0.4) is 0 Å². The van der Waals surface area contributed by atoms with Crippen LogP contribution in [0, 0.1) is 13.8 Å². The summed E-state index contributed by atoms with van der Waals surface area (Å²) in [5.74, 6) is 1.86. The Kier molecular flexibility index (Phi) is 9.64. The number of guanidine groups is 1. The van der Waals surface area contributed by atoms with Crippen LogP contribution in [0.25, 0.3) is 0 Å². The van der Waals surface area contributed by atoms with E-state index in [9.17, 15) is 5.11 Å². The lowest BCUT2D eigenvalue weighted by Crippen LogP contribution is -2.41. The van der Waals surface area contributed by atoms with Crippen LogP contribution in [0.5, 0.6) is 0 Å². The van der Waals surface area contributed by atoms with Crippen LogP contribution in [0.2, 0.25) is 0 Å². The summed E-state index contributed by atoms with van der Waals surface area (Å²) >= 11 is 0. The number of aliphatic hydroxyl groups excluding tert-OH is 1. The first-order chi connectivity index (χ1) is 12.1. The molecule has 0 saturated carbocycles. The highest BCUT2D eigenvalue weighted by molar-refractivity contribution is 14.0. The number of nitrogens with zero attached hydrogens (tertiary/aromatic N) is 2. The largest absolute Gasteiger partial charge is 0.396 e. The molecule has 0 bridgehead atoms. The number of aromatic nitrogens is 1. The van der Waals surface area contributed by atoms with Gasteiger partial charge in [-0.05, 0) is 19.4 Å². The molecule has 2 aromatic rings. The van der Waals surface area contributed by atoms with E-state index in [1.807, 2.05) is 44.2 Å². The molecule has 6 nitrogen and oxygen atoms in total. The van der Waals surface area contributed by atoms with Crippen LogP contribution in [-0.2, 0) is 0 Å². The summed E-state index contributed by atoms with van der Waals surface area (Å²) in [5.41, 5.74) is 3.18. The van der Waals surface area contributed by atoms with Crippen molar-refractivity contribution in [1.82, 2.24) is 15.8 Å². The molecule has 144 valence electrons. The van der Waals surface area contributed by atoms with Gasteiger partial charge in [-0.25, -0.2) is 0 Å². The zero-order chi connectivity index (χ0) is 18.2. The smallest absolute Gasteiger partial charge is 0.191 e. The molecule has 0 saturated heterocycles. The third-order valence-electron chi connectivity index (χ3n) is 4.39. The van der Waals surface area contributed by atoms with Crippen LogP contribution < -0.4 is 10.6 Å². The maximum atomic E-state index is 9.65. The number of halogens is 1. The molecule has 2 rings (SSSR count). The van der Waals surface area contributed by atoms with Gasteiger partial charge in [-0.15, -0.1) is 24.0 Å². The van der Waals surface area contributed by atoms with Gasteiger partial charge in [-0.1, -0.05) is 42.4 Å². The quantitative estimate of drug-likeness (QED) is 0.328. The second kappa shape index (κ2) is 11.2. The van der Waals surface area contributed by atoms with Crippen LogP contribution in [0.15, 0.2) is 39.8 Å². The topological polar surface area (TPSA) is 82.7 Å². The fourth-order valence-corrected chi connectivity index (χ4v) is 3.00. The normalized spacial score (nSPS) is 13.7. The van der Waals surface area contributed by atoms with E-state index in [2.05, 4.69) is 27.7 Å². The number of benzene rings is 1. The summed E-state index contributed by atoms with van der Waals surface area (Å²) in [7, 11) is 1.74. The van der Waals surface area contributed by atoms with Gasteiger partial charge in [0.1, 0.15) is 5.76 Å². The zero-order valence-corrected chi connectivity index (χ0v) is 18.2. The van der Waals surface area contributed by atoms with E-state index in [0.29, 0.717) is 12.5 Å². The minimum absolute atomic E-state index is 0. The van der Waals surface area contributed by atoms with E-state index in [4.69, 9.17) is 4.52 Å². The Morgan fingerprint density at radius 2 is 1.85 bits per heavy atom. The van der Waals surface area contributed by atoms with Gasteiger partial charge in [-0.3, -0.25) is 4.99 Å². The standard InChI is InChI=1S/C19H28N4O2.HI/c1-13(18-14(2)23-25-15(18)3)10-21-19(20-4)22-11-17(12-24)16-8-6-5-7-9-16;/h5-9,13,17,24H,10-12H2,1-4H3,(H2,20,21,22);1H. The molecule has 0 aliphatic heterocycles. The first kappa shape index (κ1) is 22.4. The van der Waals surface area contributed by atoms with Crippen molar-refractivity contribution in [3.05, 3.63) is 52.9 Å². The Hall–Kier alpha value is -1.61. The maximum absolute atomic E-state index is 9.65. The molecule has 0 aliphatic rings. The molecule has 3 N–H and O–H groups in total. The summed E-state index contributed by atoms with van der Waals surface area (Å²) in [6.07, 6.45) is 0. The maximum Gasteiger partial charge on any atom is 0.191 e. The number of rotatable bonds is 7. The van der Waals surface area contributed by atoms with Crippen LogP contribution in [-0.4, -0.2) is 43.0 Å². The number of aliphatic hydroxyl groups is 1. The molecule has 26 heavy (non-hydrogen) atoms. The summed E-state index contributed by atoms with van der Waals surface area (Å²) in [6.45, 7) is 7.44. The highest BCUT2D eigenvalue weighted by atomic mass is 127. The van der Waals surface area contributed by atoms with Gasteiger partial charge < -0.3 is 20.3 Å². The highest BCUT2D eigenvalue weighted by Crippen LogP contribution is 2.22. The lowest BCUT2D eigenvalue weighted by molar-refractivity contribution is 0.265. The summed E-state index contributed by atoms with van der Waals surface area (Å²) in [6, 6.07) is 9.99. The lowest BCUT2D eigenvalue weighted by Gasteiger charge is -2.19. The second-order valence-corrected chi connectivity index (χ2v) is 6.26. The number of aliphatic imine (C=N–C) groups is 1. The van der Waals surface area contributed by atoms with Crippen molar-refractivity contribution in [2.75, 3.05) is 26.7 Å². The molecule has 0 spiro atoms. The molecule has 1 aromatic carbocycles. The van der Waals surface area contributed by atoms with Gasteiger partial charge in [0, 0.05) is 37.5 Å². The minimum Gasteiger partial charge on any atom is -0.396 e. The molecule has 1 aromatic heterocycles. The molecule has 0 amide bonds. The van der Waals surface area contributed by atoms with Crippen molar-refractivity contribution < 1.29 is 9.63 Å². The van der Waals surface area contributed by atoms with Crippen molar-refractivity contribution >= 4 is 29.9 Å². The summed E-state index contributed by atoms with van der Waals surface area (Å²) in [4.78, 5) is 4.26. The van der Waals surface area contributed by atoms with Crippen LogP contribution >= 0.6 is 24.0 Å². The SMILES string of the molecule is CN=C(NCC(C)c1c(C)noc1C)NCC(CO)c1ccccc1.I. The van der Waals surface area contributed by atoms with E-state index >= 15 is 0 Å². The van der Waals surface area contributed by atoms with Gasteiger partial charge in [0.25, 0.3) is 0 Å². The Morgan fingerprint density at radius 1 is 1.19 bits per heavy atom. The molecule has 2 atom stereocenters. The molecule has 0 aliphatic carbocycles. The lowest BCUT2D eigenvalue weighted by atomic mass is 9.99. The van der Waals surface area contributed by atoms with Gasteiger partial charge >= 0.3 is 0 Å². The fourth-order valence-electron chi connectivity index (χ4n) is 3.00. The average molecular weight is 472 g/mol. The monoisotopic (exact) mass is 472 g/mol. The molecule has 2 unspecified atom stereocenters. The highest BCUT2D eigenvalue weighted by Gasteiger charge is 2.17. The van der Waals surface area contributed by atoms with Gasteiger partial charge in [-0.2, -0.15) is 0 Å². The third-order valence-corrected chi connectivity index (χ3v) is 4.39. The third kappa shape index (κ3) is 5.98. The first-order valence-corrected chi connectivity index (χ1v) is 8.59. The summed E-state index contributed by atoms with van der Waals surface area (Å²) in [5, 5.41) is 20.3. The van der Waals surface area contributed by atoms with E-state index in [-0.39, 0.29) is 42.4 Å². The van der Waals surface area contributed by atoms with Crippen molar-refractivity contribution in [2.45, 2.75) is 32.6 Å². The Balaban J connectivity index is 0.00000338. The fraction of sp³-hybridized carbons (Fsp3) is 0.474. The van der Waals surface area contributed by atoms with Gasteiger partial charge in [0.15, 0.2) is 5.96 Å². The second-order valence-electron chi connectivity index (χ2n) is 6.26. The van der Waals surface area contributed by atoms with Gasteiger partial charge in [0.05, 0.1) is 12.3 Å². The van der Waals surface area contributed by atoms with E-state index in [1.54, 1.807) is 7.05 Å². The average Bonchev–Trinajstić information content (AvgIpc) is 2.97. The number of hydrogen-bond acceptors (Lipinski definition) is 4. The van der Waals surface area contributed by atoms with Crippen molar-refractivity contribution in [1.29, 1.82) is 0 Å². The summed E-state index contributed by atoms with van der Waals surface area (Å²) < 4.78 is 5.24. The molecule has 0 fully saturated rings. The Labute approximate surface area is 172 Å². The predicted octanol–water partition coefficient (Wildman–Crippen LogP) is 2.95. The van der Waals surface area contributed by atoms with Gasteiger partial charge in [0.2, 0.25) is 0 Å². The number of nitrogens with one attached hydrogen (secondary N) is 2. The molecular formula is C19H29IN4O2. The minimum atomic E-state index is 0. The number of hydrogen-bond donors (Lipinski definition) is 3. The zero-order valence-electron chi connectivity index (χ0n) is 15.8. The van der Waals surface area contributed by atoms with E-state index in [0.717, 1.165) is 29.1 Å². The molecular weight excluding hydrogens is 443 g/mol. The molecule has 0 radical (unpaired) electrons. The predicted molar refractivity (Wildman–Crippen MR) is 115 cm³/mol. The first-order valence-electron chi connectivity index (χ1n) is 8.59. The number of aryl methyl sites for hydroxylation is 2. The van der Waals surface area contributed by atoms with Crippen LogP contribution in [0.1, 0.15) is 41.3 Å². The Morgan fingerprint density at radius 3 is 2.38 bits per heavy atom. The Bertz CT molecular complexity index is 669.